The standard InChI is InChI=1S/C24H26N6O4/c1-15-9-11-19(12-10-15)34-14-18(31)13-30-20-21(29(3)24(33)26-22(20)32)25-23(30)28-27-16(2)17-7-5-4-6-8-17/h4-12,18,31H,13-14H2,1-3H3,(H,25,28)(H,26,32,33). The van der Waals surface area contributed by atoms with Gasteiger partial charge in [-0.2, -0.15) is 10.1 Å². The van der Waals surface area contributed by atoms with Crippen LogP contribution in [0.2, 0.25) is 0 Å². The molecule has 0 fully saturated rings. The van der Waals surface area contributed by atoms with Crippen molar-refractivity contribution in [3.63, 3.8) is 0 Å². The van der Waals surface area contributed by atoms with Crippen LogP contribution in [0, 0.1) is 6.92 Å². The zero-order chi connectivity index (χ0) is 24.2. The summed E-state index contributed by atoms with van der Waals surface area (Å²) in [5, 5.41) is 15.1. The Morgan fingerprint density at radius 2 is 1.88 bits per heavy atom. The molecule has 4 rings (SSSR count). The quantitative estimate of drug-likeness (QED) is 0.272. The molecule has 0 saturated carbocycles. The molecule has 0 spiro atoms. The Kier molecular flexibility index (Phi) is 6.60. The summed E-state index contributed by atoms with van der Waals surface area (Å²) in [6.45, 7) is 3.80. The van der Waals surface area contributed by atoms with E-state index < -0.39 is 17.4 Å². The molecular formula is C24H26N6O4. The third kappa shape index (κ3) is 4.91. The molecule has 10 heteroatoms. The molecule has 1 unspecified atom stereocenters. The average Bonchev–Trinajstić information content (AvgIpc) is 3.20. The summed E-state index contributed by atoms with van der Waals surface area (Å²) >= 11 is 0. The molecule has 3 N–H and O–H groups in total. The molecule has 2 heterocycles. The van der Waals surface area contributed by atoms with Crippen LogP contribution in [0.1, 0.15) is 18.1 Å². The number of hydrogen-bond donors (Lipinski definition) is 3. The van der Waals surface area contributed by atoms with E-state index in [1.54, 1.807) is 0 Å². The number of nitrogens with zero attached hydrogens (tertiary/aromatic N) is 4. The highest BCUT2D eigenvalue weighted by Crippen LogP contribution is 2.17. The lowest BCUT2D eigenvalue weighted by atomic mass is 10.1. The van der Waals surface area contributed by atoms with Crippen molar-refractivity contribution < 1.29 is 9.84 Å². The van der Waals surface area contributed by atoms with E-state index in [1.165, 1.54) is 16.2 Å². The first kappa shape index (κ1) is 23.0. The van der Waals surface area contributed by atoms with Gasteiger partial charge < -0.3 is 14.4 Å². The topological polar surface area (TPSA) is 127 Å². The number of nitrogens with one attached hydrogen (secondary N) is 2. The Bertz CT molecular complexity index is 1430. The van der Waals surface area contributed by atoms with Crippen LogP contribution in [0.3, 0.4) is 0 Å². The van der Waals surface area contributed by atoms with Gasteiger partial charge in [0.05, 0.1) is 12.3 Å². The highest BCUT2D eigenvalue weighted by atomic mass is 16.5. The van der Waals surface area contributed by atoms with E-state index in [1.807, 2.05) is 68.4 Å². The van der Waals surface area contributed by atoms with Crippen LogP contribution in [0.4, 0.5) is 5.95 Å². The summed E-state index contributed by atoms with van der Waals surface area (Å²) in [5.41, 5.74) is 4.73. The van der Waals surface area contributed by atoms with Crippen molar-refractivity contribution in [2.75, 3.05) is 12.0 Å². The SMILES string of the molecule is CC(=NNc1nc2c(c(=O)[nH]c(=O)n2C)n1CC(O)COc1ccc(C)cc1)c1ccccc1. The number of hydrazone groups is 1. The van der Waals surface area contributed by atoms with E-state index in [0.29, 0.717) is 11.5 Å². The van der Waals surface area contributed by atoms with Crippen molar-refractivity contribution in [3.05, 3.63) is 86.6 Å². The van der Waals surface area contributed by atoms with Crippen molar-refractivity contribution in [2.24, 2.45) is 12.1 Å². The molecule has 2 aromatic carbocycles. The molecule has 0 radical (unpaired) electrons. The molecule has 0 aliphatic heterocycles. The van der Waals surface area contributed by atoms with Gasteiger partial charge in [0, 0.05) is 7.05 Å². The zero-order valence-corrected chi connectivity index (χ0v) is 19.1. The summed E-state index contributed by atoms with van der Waals surface area (Å²) in [6, 6.07) is 17.0. The molecule has 176 valence electrons. The van der Waals surface area contributed by atoms with Crippen molar-refractivity contribution in [2.45, 2.75) is 26.5 Å². The van der Waals surface area contributed by atoms with Crippen LogP contribution in [0.25, 0.3) is 11.2 Å². The van der Waals surface area contributed by atoms with E-state index in [-0.39, 0.29) is 30.3 Å². The van der Waals surface area contributed by atoms with Crippen LogP contribution < -0.4 is 21.4 Å². The lowest BCUT2D eigenvalue weighted by Crippen LogP contribution is -2.30. The maximum absolute atomic E-state index is 12.6. The second-order valence-electron chi connectivity index (χ2n) is 7.99. The van der Waals surface area contributed by atoms with Gasteiger partial charge >= 0.3 is 5.69 Å². The number of aliphatic hydroxyl groups is 1. The maximum Gasteiger partial charge on any atom is 0.329 e. The Morgan fingerprint density at radius 3 is 2.59 bits per heavy atom. The van der Waals surface area contributed by atoms with Crippen LogP contribution in [-0.4, -0.2) is 42.6 Å². The zero-order valence-electron chi connectivity index (χ0n) is 19.1. The minimum Gasteiger partial charge on any atom is -0.491 e. The Morgan fingerprint density at radius 1 is 1.18 bits per heavy atom. The Labute approximate surface area is 195 Å². The lowest BCUT2D eigenvalue weighted by molar-refractivity contribution is 0.0938. The number of aromatic nitrogens is 4. The predicted molar refractivity (Wildman–Crippen MR) is 131 cm³/mol. The normalized spacial score (nSPS) is 12.6. The first-order chi connectivity index (χ1) is 16.3. The summed E-state index contributed by atoms with van der Waals surface area (Å²) < 4.78 is 8.42. The van der Waals surface area contributed by atoms with Gasteiger partial charge in [0.1, 0.15) is 18.5 Å². The second-order valence-corrected chi connectivity index (χ2v) is 7.99. The summed E-state index contributed by atoms with van der Waals surface area (Å²) in [6.07, 6.45) is -0.963. The highest BCUT2D eigenvalue weighted by molar-refractivity contribution is 5.99. The molecule has 0 aliphatic carbocycles. The van der Waals surface area contributed by atoms with E-state index in [2.05, 4.69) is 20.5 Å². The number of imidazole rings is 1. The second kappa shape index (κ2) is 9.75. The highest BCUT2D eigenvalue weighted by Gasteiger charge is 2.20. The molecular weight excluding hydrogens is 436 g/mol. The Hall–Kier alpha value is -4.18. The maximum atomic E-state index is 12.6. The number of fused-ring (bicyclic) bond motifs is 1. The van der Waals surface area contributed by atoms with E-state index in [9.17, 15) is 14.7 Å². The smallest absolute Gasteiger partial charge is 0.329 e. The van der Waals surface area contributed by atoms with Gasteiger partial charge in [-0.1, -0.05) is 48.0 Å². The van der Waals surface area contributed by atoms with E-state index in [0.717, 1.165) is 11.1 Å². The van der Waals surface area contributed by atoms with Gasteiger partial charge in [-0.3, -0.25) is 14.3 Å². The van der Waals surface area contributed by atoms with Crippen LogP contribution >= 0.6 is 0 Å². The van der Waals surface area contributed by atoms with E-state index >= 15 is 0 Å². The lowest BCUT2D eigenvalue weighted by Gasteiger charge is -2.15. The average molecular weight is 463 g/mol. The summed E-state index contributed by atoms with van der Waals surface area (Å²) in [7, 11) is 1.51. The number of benzene rings is 2. The molecule has 2 aromatic heterocycles. The minimum atomic E-state index is -0.963. The van der Waals surface area contributed by atoms with Gasteiger partial charge in [-0.15, -0.1) is 0 Å². The summed E-state index contributed by atoms with van der Waals surface area (Å²) in [4.78, 5) is 31.4. The molecule has 4 aromatic rings. The fourth-order valence-electron chi connectivity index (χ4n) is 3.47. The van der Waals surface area contributed by atoms with Crippen molar-refractivity contribution in [1.29, 1.82) is 0 Å². The van der Waals surface area contributed by atoms with Gasteiger partial charge in [0.2, 0.25) is 5.95 Å². The molecule has 1 atom stereocenters. The third-order valence-electron chi connectivity index (χ3n) is 5.38. The largest absolute Gasteiger partial charge is 0.491 e. The number of aromatic amines is 1. The molecule has 34 heavy (non-hydrogen) atoms. The number of ether oxygens (including phenoxy) is 1. The first-order valence-corrected chi connectivity index (χ1v) is 10.8. The number of H-pyrrole nitrogens is 1. The van der Waals surface area contributed by atoms with Gasteiger partial charge in [0.15, 0.2) is 11.2 Å². The predicted octanol–water partition coefficient (Wildman–Crippen LogP) is 2.01. The number of anilines is 1. The van der Waals surface area contributed by atoms with Crippen molar-refractivity contribution in [3.8, 4) is 5.75 Å². The fraction of sp³-hybridized carbons (Fsp3) is 0.250. The number of aryl methyl sites for hydroxylation is 2. The van der Waals surface area contributed by atoms with Gasteiger partial charge in [-0.05, 0) is 31.5 Å². The molecule has 0 bridgehead atoms. The number of rotatable bonds is 8. The molecule has 0 amide bonds. The Balaban J connectivity index is 1.64. The monoisotopic (exact) mass is 462 g/mol. The fourth-order valence-corrected chi connectivity index (χ4v) is 3.47. The number of aliphatic hydroxyl groups excluding tert-OH is 1. The van der Waals surface area contributed by atoms with Gasteiger partial charge in [-0.25, -0.2) is 10.2 Å². The van der Waals surface area contributed by atoms with Crippen LogP contribution in [0.15, 0.2) is 69.3 Å². The summed E-state index contributed by atoms with van der Waals surface area (Å²) in [5.74, 6) is 0.841. The molecule has 10 nitrogen and oxygen atoms in total. The molecule has 0 aliphatic rings. The van der Waals surface area contributed by atoms with E-state index in [4.69, 9.17) is 4.74 Å². The number of hydrogen-bond acceptors (Lipinski definition) is 7. The van der Waals surface area contributed by atoms with Crippen molar-refractivity contribution >= 4 is 22.8 Å². The minimum absolute atomic E-state index is 0.00183. The van der Waals surface area contributed by atoms with Gasteiger partial charge in [0.25, 0.3) is 5.56 Å². The molecule has 0 saturated heterocycles. The first-order valence-electron chi connectivity index (χ1n) is 10.8. The third-order valence-corrected chi connectivity index (χ3v) is 5.38. The van der Waals surface area contributed by atoms with Crippen LogP contribution in [-0.2, 0) is 13.6 Å². The van der Waals surface area contributed by atoms with Crippen LogP contribution in [0.5, 0.6) is 5.75 Å². The van der Waals surface area contributed by atoms with Crippen molar-refractivity contribution in [1.82, 2.24) is 19.1 Å².